The van der Waals surface area contributed by atoms with Crippen LogP contribution in [0.1, 0.15) is 32.3 Å². The van der Waals surface area contributed by atoms with Gasteiger partial charge in [-0.1, -0.05) is 32.0 Å². The maximum Gasteiger partial charge on any atom is 0.261 e. The second-order valence-electron chi connectivity index (χ2n) is 5.50. The van der Waals surface area contributed by atoms with Gasteiger partial charge in [-0.2, -0.15) is 0 Å². The van der Waals surface area contributed by atoms with Gasteiger partial charge in [-0.25, -0.2) is 0 Å². The largest absolute Gasteiger partial charge is 0.480 e. The monoisotopic (exact) mass is 277 g/mol. The van der Waals surface area contributed by atoms with Crippen LogP contribution in [0.15, 0.2) is 24.3 Å². The summed E-state index contributed by atoms with van der Waals surface area (Å²) in [5, 5.41) is 12.4. The van der Waals surface area contributed by atoms with E-state index in [9.17, 15) is 9.90 Å². The summed E-state index contributed by atoms with van der Waals surface area (Å²) in [6.45, 7) is 4.65. The third kappa shape index (κ3) is 2.96. The second-order valence-corrected chi connectivity index (χ2v) is 5.50. The van der Waals surface area contributed by atoms with Crippen molar-refractivity contribution in [2.24, 2.45) is 5.41 Å². The van der Waals surface area contributed by atoms with Crippen molar-refractivity contribution in [2.75, 3.05) is 13.2 Å². The lowest BCUT2D eigenvalue weighted by Gasteiger charge is -2.29. The van der Waals surface area contributed by atoms with E-state index in [1.165, 1.54) is 0 Å². The van der Waals surface area contributed by atoms with E-state index in [4.69, 9.17) is 4.74 Å². The summed E-state index contributed by atoms with van der Waals surface area (Å²) in [5.41, 5.74) is 0.855. The Kier molecular flexibility index (Phi) is 4.65. The molecule has 4 nitrogen and oxygen atoms in total. The van der Waals surface area contributed by atoms with E-state index in [2.05, 4.69) is 5.32 Å². The number of amides is 1. The van der Waals surface area contributed by atoms with E-state index in [1.807, 2.05) is 38.1 Å². The van der Waals surface area contributed by atoms with Crippen LogP contribution in [0, 0.1) is 5.41 Å². The summed E-state index contributed by atoms with van der Waals surface area (Å²) < 4.78 is 5.66. The highest BCUT2D eigenvalue weighted by molar-refractivity contribution is 5.82. The smallest absolute Gasteiger partial charge is 0.261 e. The average Bonchev–Trinajstić information content (AvgIpc) is 2.93. The van der Waals surface area contributed by atoms with Crippen LogP contribution in [-0.4, -0.2) is 30.3 Å². The van der Waals surface area contributed by atoms with Crippen LogP contribution in [0.2, 0.25) is 0 Å². The number of carbonyl (C=O) groups is 1. The molecule has 0 fully saturated rings. The van der Waals surface area contributed by atoms with Crippen LogP contribution in [-0.2, 0) is 11.2 Å². The molecule has 1 amide bonds. The number of aliphatic hydroxyl groups is 1. The fourth-order valence-corrected chi connectivity index (χ4v) is 2.50. The van der Waals surface area contributed by atoms with Crippen molar-refractivity contribution < 1.29 is 14.6 Å². The second kappa shape index (κ2) is 6.27. The van der Waals surface area contributed by atoms with E-state index in [1.54, 1.807) is 0 Å². The molecule has 0 bridgehead atoms. The minimum atomic E-state index is -0.447. The van der Waals surface area contributed by atoms with Gasteiger partial charge in [-0.15, -0.1) is 0 Å². The Bertz CT molecular complexity index is 435. The molecule has 4 heteroatoms. The summed E-state index contributed by atoms with van der Waals surface area (Å²) in [6.07, 6.45) is 1.85. The number of benzene rings is 1. The van der Waals surface area contributed by atoms with E-state index in [0.717, 1.165) is 24.2 Å². The maximum atomic E-state index is 12.2. The van der Waals surface area contributed by atoms with E-state index in [0.29, 0.717) is 13.0 Å². The Balaban J connectivity index is 1.91. The highest BCUT2D eigenvalue weighted by Gasteiger charge is 2.31. The predicted molar refractivity (Wildman–Crippen MR) is 77.7 cm³/mol. The fraction of sp³-hybridized carbons (Fsp3) is 0.562. The molecule has 110 valence electrons. The van der Waals surface area contributed by atoms with Gasteiger partial charge in [-0.05, 0) is 24.5 Å². The van der Waals surface area contributed by atoms with Gasteiger partial charge in [0.25, 0.3) is 5.91 Å². The van der Waals surface area contributed by atoms with Crippen molar-refractivity contribution in [3.8, 4) is 5.75 Å². The summed E-state index contributed by atoms with van der Waals surface area (Å²) in [5.74, 6) is 0.702. The van der Waals surface area contributed by atoms with Crippen molar-refractivity contribution >= 4 is 5.91 Å². The lowest BCUT2D eigenvalue weighted by molar-refractivity contribution is -0.128. The van der Waals surface area contributed by atoms with Gasteiger partial charge in [0, 0.05) is 18.4 Å². The van der Waals surface area contributed by atoms with Gasteiger partial charge in [0.15, 0.2) is 6.10 Å². The summed E-state index contributed by atoms with van der Waals surface area (Å²) in [6, 6.07) is 7.73. The molecular formula is C16H23NO3. The Labute approximate surface area is 120 Å². The quantitative estimate of drug-likeness (QED) is 0.835. The first-order valence-corrected chi connectivity index (χ1v) is 7.27. The van der Waals surface area contributed by atoms with Crippen LogP contribution in [0.25, 0.3) is 0 Å². The molecule has 1 aliphatic rings. The van der Waals surface area contributed by atoms with Crippen LogP contribution in [0.5, 0.6) is 5.75 Å². The standard InChI is InChI=1S/C16H23NO3/c1-3-16(4-2,11-18)10-17-15(19)14-9-12-7-5-6-8-13(12)20-14/h5-8,14,18H,3-4,9-11H2,1-2H3,(H,17,19). The Hall–Kier alpha value is -1.55. The summed E-state index contributed by atoms with van der Waals surface area (Å²) in [4.78, 5) is 12.2. The number of rotatable bonds is 6. The highest BCUT2D eigenvalue weighted by Crippen LogP contribution is 2.29. The zero-order chi connectivity index (χ0) is 14.6. The van der Waals surface area contributed by atoms with Crippen molar-refractivity contribution in [2.45, 2.75) is 39.2 Å². The summed E-state index contributed by atoms with van der Waals surface area (Å²) in [7, 11) is 0. The number of hydrogen-bond acceptors (Lipinski definition) is 3. The molecule has 0 saturated heterocycles. The van der Waals surface area contributed by atoms with Gasteiger partial charge in [0.1, 0.15) is 5.75 Å². The molecule has 1 atom stereocenters. The molecule has 1 heterocycles. The number of aliphatic hydroxyl groups excluding tert-OH is 1. The molecular weight excluding hydrogens is 254 g/mol. The predicted octanol–water partition coefficient (Wildman–Crippen LogP) is 1.90. The fourth-order valence-electron chi connectivity index (χ4n) is 2.50. The zero-order valence-corrected chi connectivity index (χ0v) is 12.2. The lowest BCUT2D eigenvalue weighted by atomic mass is 9.83. The molecule has 0 radical (unpaired) electrons. The van der Waals surface area contributed by atoms with Crippen LogP contribution in [0.4, 0.5) is 0 Å². The number of nitrogens with one attached hydrogen (secondary N) is 1. The molecule has 0 saturated carbocycles. The molecule has 0 spiro atoms. The average molecular weight is 277 g/mol. The Morgan fingerprint density at radius 2 is 2.10 bits per heavy atom. The molecule has 0 aromatic heterocycles. The molecule has 0 aliphatic carbocycles. The molecule has 1 unspecified atom stereocenters. The number of fused-ring (bicyclic) bond motifs is 1. The molecule has 2 rings (SSSR count). The van der Waals surface area contributed by atoms with Crippen LogP contribution in [0.3, 0.4) is 0 Å². The van der Waals surface area contributed by atoms with Crippen LogP contribution >= 0.6 is 0 Å². The summed E-state index contributed by atoms with van der Waals surface area (Å²) >= 11 is 0. The number of ether oxygens (including phenoxy) is 1. The third-order valence-electron chi connectivity index (χ3n) is 4.41. The first-order valence-electron chi connectivity index (χ1n) is 7.27. The van der Waals surface area contributed by atoms with Gasteiger partial charge in [0.05, 0.1) is 6.61 Å². The first-order chi connectivity index (χ1) is 9.64. The highest BCUT2D eigenvalue weighted by atomic mass is 16.5. The van der Waals surface area contributed by atoms with Gasteiger partial charge in [-0.3, -0.25) is 4.79 Å². The zero-order valence-electron chi connectivity index (χ0n) is 12.2. The number of hydrogen-bond donors (Lipinski definition) is 2. The maximum absolute atomic E-state index is 12.2. The topological polar surface area (TPSA) is 58.6 Å². The van der Waals surface area contributed by atoms with Gasteiger partial charge < -0.3 is 15.2 Å². The Morgan fingerprint density at radius 3 is 2.70 bits per heavy atom. The van der Waals surface area contributed by atoms with Crippen molar-refractivity contribution in [1.82, 2.24) is 5.32 Å². The van der Waals surface area contributed by atoms with E-state index < -0.39 is 6.10 Å². The number of para-hydroxylation sites is 1. The molecule has 20 heavy (non-hydrogen) atoms. The van der Waals surface area contributed by atoms with Crippen molar-refractivity contribution in [1.29, 1.82) is 0 Å². The molecule has 1 aliphatic heterocycles. The van der Waals surface area contributed by atoms with Crippen LogP contribution < -0.4 is 10.1 Å². The van der Waals surface area contributed by atoms with Gasteiger partial charge in [0.2, 0.25) is 0 Å². The minimum Gasteiger partial charge on any atom is -0.480 e. The minimum absolute atomic E-state index is 0.0893. The van der Waals surface area contributed by atoms with Crippen molar-refractivity contribution in [3.05, 3.63) is 29.8 Å². The Morgan fingerprint density at radius 1 is 1.40 bits per heavy atom. The van der Waals surface area contributed by atoms with E-state index >= 15 is 0 Å². The lowest BCUT2D eigenvalue weighted by Crippen LogP contribution is -2.44. The SMILES string of the molecule is CCC(CC)(CO)CNC(=O)C1Cc2ccccc2O1. The molecule has 1 aromatic carbocycles. The number of carbonyl (C=O) groups excluding carboxylic acids is 1. The first kappa shape index (κ1) is 14.9. The third-order valence-corrected chi connectivity index (χ3v) is 4.41. The van der Waals surface area contributed by atoms with Crippen molar-refractivity contribution in [3.63, 3.8) is 0 Å². The molecule has 2 N–H and O–H groups in total. The van der Waals surface area contributed by atoms with Gasteiger partial charge >= 0.3 is 0 Å². The van der Waals surface area contributed by atoms with E-state index in [-0.39, 0.29) is 17.9 Å². The normalized spacial score (nSPS) is 17.4. The molecule has 1 aromatic rings.